The van der Waals surface area contributed by atoms with Crippen LogP contribution in [0, 0.1) is 27.7 Å². The monoisotopic (exact) mass is 321 g/mol. The van der Waals surface area contributed by atoms with Gasteiger partial charge in [-0.05, 0) is 45.7 Å². The van der Waals surface area contributed by atoms with E-state index in [1.165, 1.54) is 0 Å². The maximum atomic E-state index is 12.6. The molecule has 120 valence electrons. The first-order valence-corrected chi connectivity index (χ1v) is 8.83. The molecular weight excluding hydrogens is 298 g/mol. The second-order valence-electron chi connectivity index (χ2n) is 5.62. The first-order valence-electron chi connectivity index (χ1n) is 7.35. The van der Waals surface area contributed by atoms with Crippen molar-refractivity contribution >= 4 is 10.0 Å². The van der Waals surface area contributed by atoms with Crippen molar-refractivity contribution < 1.29 is 8.42 Å². The minimum absolute atomic E-state index is 0.251. The zero-order valence-corrected chi connectivity index (χ0v) is 14.6. The van der Waals surface area contributed by atoms with Crippen LogP contribution in [0.4, 0.5) is 0 Å². The smallest absolute Gasteiger partial charge is 0.241 e. The predicted octanol–water partition coefficient (Wildman–Crippen LogP) is 2.62. The van der Waals surface area contributed by atoms with E-state index in [9.17, 15) is 8.42 Å². The largest absolute Gasteiger partial charge is 0.270 e. The first kappa shape index (κ1) is 16.7. The summed E-state index contributed by atoms with van der Waals surface area (Å²) in [5.74, 6) is 0. The predicted molar refractivity (Wildman–Crippen MR) is 87.3 cm³/mol. The molecule has 0 amide bonds. The summed E-state index contributed by atoms with van der Waals surface area (Å²) in [7, 11) is -3.54. The second-order valence-corrected chi connectivity index (χ2v) is 7.33. The van der Waals surface area contributed by atoms with Gasteiger partial charge < -0.3 is 0 Å². The number of aryl methyl sites for hydroxylation is 4. The lowest BCUT2D eigenvalue weighted by Gasteiger charge is -2.13. The minimum atomic E-state index is -3.54. The Labute approximate surface area is 132 Å². The van der Waals surface area contributed by atoms with E-state index in [4.69, 9.17) is 0 Å². The Bertz CT molecular complexity index is 769. The summed E-state index contributed by atoms with van der Waals surface area (Å²) in [6.45, 7) is 10.6. The lowest BCUT2D eigenvalue weighted by Crippen LogP contribution is -2.25. The molecule has 1 aromatic carbocycles. The number of rotatable bonds is 5. The number of hydrogen-bond acceptors (Lipinski definition) is 3. The molecule has 1 aromatic heterocycles. The summed E-state index contributed by atoms with van der Waals surface area (Å²) in [6, 6.07) is 3.78. The van der Waals surface area contributed by atoms with Crippen molar-refractivity contribution in [2.75, 3.05) is 0 Å². The standard InChI is InChI=1S/C16H23N3O2S/c1-6-19-14(5)15(9-17-19)10-18-22(20,21)16-12(3)7-11(2)8-13(16)4/h7-9,18H,6,10H2,1-5H3. The number of hydrogen-bond donors (Lipinski definition) is 1. The quantitative estimate of drug-likeness (QED) is 0.920. The Morgan fingerprint density at radius 2 is 1.73 bits per heavy atom. The Kier molecular flexibility index (Phi) is 4.72. The highest BCUT2D eigenvalue weighted by Crippen LogP contribution is 2.22. The van der Waals surface area contributed by atoms with Crippen LogP contribution >= 0.6 is 0 Å². The minimum Gasteiger partial charge on any atom is -0.270 e. The third kappa shape index (κ3) is 3.23. The van der Waals surface area contributed by atoms with Gasteiger partial charge in [0, 0.05) is 24.3 Å². The van der Waals surface area contributed by atoms with E-state index in [0.717, 1.165) is 34.5 Å². The van der Waals surface area contributed by atoms with Crippen molar-refractivity contribution in [3.63, 3.8) is 0 Å². The normalized spacial score (nSPS) is 11.9. The average molecular weight is 321 g/mol. The lowest BCUT2D eigenvalue weighted by molar-refractivity contribution is 0.579. The SMILES string of the molecule is CCn1ncc(CNS(=O)(=O)c2c(C)cc(C)cc2C)c1C. The molecule has 0 aliphatic rings. The van der Waals surface area contributed by atoms with Crippen LogP contribution in [0.1, 0.15) is 34.9 Å². The molecule has 0 unspecified atom stereocenters. The molecule has 6 heteroatoms. The first-order chi connectivity index (χ1) is 10.3. The molecular formula is C16H23N3O2S. The number of sulfonamides is 1. The molecule has 0 saturated heterocycles. The zero-order valence-electron chi connectivity index (χ0n) is 13.8. The average Bonchev–Trinajstić information content (AvgIpc) is 2.75. The zero-order chi connectivity index (χ0) is 16.5. The highest BCUT2D eigenvalue weighted by molar-refractivity contribution is 7.89. The molecule has 0 atom stereocenters. The molecule has 5 nitrogen and oxygen atoms in total. The van der Waals surface area contributed by atoms with Crippen LogP contribution in [0.3, 0.4) is 0 Å². The van der Waals surface area contributed by atoms with Gasteiger partial charge in [-0.25, -0.2) is 13.1 Å². The van der Waals surface area contributed by atoms with Gasteiger partial charge in [-0.1, -0.05) is 17.7 Å². The van der Waals surface area contributed by atoms with E-state index in [0.29, 0.717) is 4.90 Å². The Morgan fingerprint density at radius 3 is 2.23 bits per heavy atom. The van der Waals surface area contributed by atoms with E-state index in [2.05, 4.69) is 9.82 Å². The number of nitrogens with zero attached hydrogens (tertiary/aromatic N) is 2. The van der Waals surface area contributed by atoms with Crippen molar-refractivity contribution in [1.29, 1.82) is 0 Å². The van der Waals surface area contributed by atoms with Gasteiger partial charge in [0.15, 0.2) is 0 Å². The van der Waals surface area contributed by atoms with E-state index >= 15 is 0 Å². The molecule has 1 N–H and O–H groups in total. The summed E-state index contributed by atoms with van der Waals surface area (Å²) in [4.78, 5) is 0.374. The molecule has 0 aliphatic carbocycles. The van der Waals surface area contributed by atoms with Gasteiger partial charge in [0.25, 0.3) is 0 Å². The number of benzene rings is 1. The van der Waals surface area contributed by atoms with Crippen LogP contribution in [0.25, 0.3) is 0 Å². The lowest BCUT2D eigenvalue weighted by atomic mass is 10.1. The fourth-order valence-corrected chi connectivity index (χ4v) is 4.27. The van der Waals surface area contributed by atoms with Crippen molar-refractivity contribution in [2.45, 2.75) is 52.6 Å². The maximum absolute atomic E-state index is 12.6. The van der Waals surface area contributed by atoms with E-state index in [1.807, 2.05) is 51.4 Å². The molecule has 2 rings (SSSR count). The molecule has 2 aromatic rings. The summed E-state index contributed by atoms with van der Waals surface area (Å²) in [5.41, 5.74) is 4.49. The van der Waals surface area contributed by atoms with E-state index in [1.54, 1.807) is 6.20 Å². The molecule has 1 heterocycles. The van der Waals surface area contributed by atoms with Crippen molar-refractivity contribution in [1.82, 2.24) is 14.5 Å². The van der Waals surface area contributed by atoms with Crippen molar-refractivity contribution in [3.8, 4) is 0 Å². The molecule has 0 saturated carbocycles. The highest BCUT2D eigenvalue weighted by atomic mass is 32.2. The summed E-state index contributed by atoms with van der Waals surface area (Å²) < 4.78 is 29.8. The van der Waals surface area contributed by atoms with Gasteiger partial charge in [-0.3, -0.25) is 4.68 Å². The van der Waals surface area contributed by atoms with E-state index in [-0.39, 0.29) is 6.54 Å². The fraction of sp³-hybridized carbons (Fsp3) is 0.438. The van der Waals surface area contributed by atoms with Gasteiger partial charge in [-0.2, -0.15) is 5.10 Å². The second kappa shape index (κ2) is 6.22. The highest BCUT2D eigenvalue weighted by Gasteiger charge is 2.20. The Balaban J connectivity index is 2.27. The van der Waals surface area contributed by atoms with Crippen LogP contribution in [0.2, 0.25) is 0 Å². The van der Waals surface area contributed by atoms with Gasteiger partial charge in [0.2, 0.25) is 10.0 Å². The van der Waals surface area contributed by atoms with Crippen LogP contribution in [-0.2, 0) is 23.1 Å². The topological polar surface area (TPSA) is 64.0 Å². The summed E-state index contributed by atoms with van der Waals surface area (Å²) in [5, 5.41) is 4.24. The Hall–Kier alpha value is -1.66. The van der Waals surface area contributed by atoms with Crippen molar-refractivity contribution in [2.24, 2.45) is 0 Å². The van der Waals surface area contributed by atoms with E-state index < -0.39 is 10.0 Å². The molecule has 0 bridgehead atoms. The van der Waals surface area contributed by atoms with Gasteiger partial charge in [-0.15, -0.1) is 0 Å². The van der Waals surface area contributed by atoms with Crippen molar-refractivity contribution in [3.05, 3.63) is 46.3 Å². The maximum Gasteiger partial charge on any atom is 0.241 e. The van der Waals surface area contributed by atoms with Crippen LogP contribution < -0.4 is 4.72 Å². The summed E-state index contributed by atoms with van der Waals surface area (Å²) in [6.07, 6.45) is 1.72. The summed E-state index contributed by atoms with van der Waals surface area (Å²) >= 11 is 0. The Morgan fingerprint density at radius 1 is 1.14 bits per heavy atom. The molecule has 0 aliphatic heterocycles. The van der Waals surface area contributed by atoms with Gasteiger partial charge in [0.1, 0.15) is 0 Å². The van der Waals surface area contributed by atoms with Crippen LogP contribution in [0.5, 0.6) is 0 Å². The number of aromatic nitrogens is 2. The molecule has 0 radical (unpaired) electrons. The fourth-order valence-electron chi connectivity index (χ4n) is 2.81. The third-order valence-electron chi connectivity index (χ3n) is 3.83. The van der Waals surface area contributed by atoms with Gasteiger partial charge >= 0.3 is 0 Å². The third-order valence-corrected chi connectivity index (χ3v) is 5.54. The molecule has 22 heavy (non-hydrogen) atoms. The molecule has 0 fully saturated rings. The molecule has 0 spiro atoms. The number of nitrogens with one attached hydrogen (secondary N) is 1. The van der Waals surface area contributed by atoms with Crippen LogP contribution in [-0.4, -0.2) is 18.2 Å². The van der Waals surface area contributed by atoms with Gasteiger partial charge in [0.05, 0.1) is 11.1 Å². The van der Waals surface area contributed by atoms with Crippen LogP contribution in [0.15, 0.2) is 23.2 Å².